The molecule has 1 aliphatic rings. The maximum atomic E-state index is 12.2. The van der Waals surface area contributed by atoms with Crippen molar-refractivity contribution in [3.8, 4) is 0 Å². The Hall–Kier alpha value is -1.14. The van der Waals surface area contributed by atoms with Crippen molar-refractivity contribution in [2.24, 2.45) is 0 Å². The third-order valence-electron chi connectivity index (χ3n) is 3.07. The molecular formula is C11H13ClN2O3S. The van der Waals surface area contributed by atoms with Crippen LogP contribution in [0, 0.1) is 0 Å². The third-order valence-corrected chi connectivity index (χ3v) is 5.15. The van der Waals surface area contributed by atoms with E-state index in [-0.39, 0.29) is 23.5 Å². The second-order valence-corrected chi connectivity index (χ2v) is 6.96. The highest BCUT2D eigenvalue weighted by molar-refractivity contribution is 7.91. The minimum Gasteiger partial charge on any atom is -0.338 e. The summed E-state index contributed by atoms with van der Waals surface area (Å²) in [7, 11) is -1.41. The number of hydrogen-bond acceptors (Lipinski definition) is 4. The first-order chi connectivity index (χ1) is 8.41. The highest BCUT2D eigenvalue weighted by atomic mass is 35.5. The Kier molecular flexibility index (Phi) is 3.59. The molecule has 0 bridgehead atoms. The molecule has 1 saturated heterocycles. The van der Waals surface area contributed by atoms with Gasteiger partial charge in [-0.3, -0.25) is 9.78 Å². The third kappa shape index (κ3) is 2.64. The summed E-state index contributed by atoms with van der Waals surface area (Å²) in [5.74, 6) is -0.140. The van der Waals surface area contributed by atoms with Crippen molar-refractivity contribution >= 4 is 27.3 Å². The standard InChI is InChI=1S/C11H13ClN2O3S/c1-14(8-3-5-18(16,17)7-8)11(15)9-6-13-4-2-10(9)12/h2,4,6,8H,3,5,7H2,1H3. The van der Waals surface area contributed by atoms with Gasteiger partial charge in [-0.2, -0.15) is 0 Å². The van der Waals surface area contributed by atoms with Gasteiger partial charge in [0, 0.05) is 25.5 Å². The summed E-state index contributed by atoms with van der Waals surface area (Å²) in [5.41, 5.74) is 0.297. The Labute approximate surface area is 111 Å². The van der Waals surface area contributed by atoms with E-state index in [1.54, 1.807) is 7.05 Å². The molecule has 0 N–H and O–H groups in total. The van der Waals surface area contributed by atoms with Gasteiger partial charge in [0.25, 0.3) is 5.91 Å². The summed E-state index contributed by atoms with van der Waals surface area (Å²) < 4.78 is 22.8. The quantitative estimate of drug-likeness (QED) is 0.814. The second kappa shape index (κ2) is 4.85. The number of carbonyl (C=O) groups is 1. The lowest BCUT2D eigenvalue weighted by Gasteiger charge is -2.23. The van der Waals surface area contributed by atoms with E-state index < -0.39 is 9.84 Å². The first kappa shape index (κ1) is 13.3. The number of amides is 1. The second-order valence-electron chi connectivity index (χ2n) is 4.33. The van der Waals surface area contributed by atoms with Crippen LogP contribution in [0.5, 0.6) is 0 Å². The highest BCUT2D eigenvalue weighted by Gasteiger charge is 2.33. The van der Waals surface area contributed by atoms with E-state index in [4.69, 9.17) is 11.6 Å². The monoisotopic (exact) mass is 288 g/mol. The molecule has 1 atom stereocenters. The van der Waals surface area contributed by atoms with Gasteiger partial charge in [-0.1, -0.05) is 11.6 Å². The van der Waals surface area contributed by atoms with E-state index in [0.29, 0.717) is 17.0 Å². The molecule has 5 nitrogen and oxygen atoms in total. The molecule has 1 unspecified atom stereocenters. The smallest absolute Gasteiger partial charge is 0.256 e. The molecule has 1 aromatic rings. The molecule has 1 aliphatic heterocycles. The molecule has 0 spiro atoms. The Bertz CT molecular complexity index is 573. The normalized spacial score (nSPS) is 21.8. The lowest BCUT2D eigenvalue weighted by molar-refractivity contribution is 0.0747. The Morgan fingerprint density at radius 2 is 2.28 bits per heavy atom. The fraction of sp³-hybridized carbons (Fsp3) is 0.455. The molecule has 18 heavy (non-hydrogen) atoms. The van der Waals surface area contributed by atoms with Gasteiger partial charge in [-0.05, 0) is 12.5 Å². The van der Waals surface area contributed by atoms with Gasteiger partial charge in [0.05, 0.1) is 22.1 Å². The summed E-state index contributed by atoms with van der Waals surface area (Å²) in [6.07, 6.45) is 3.37. The minimum absolute atomic E-state index is 0.0210. The molecule has 0 aliphatic carbocycles. The van der Waals surface area contributed by atoms with Crippen molar-refractivity contribution in [2.45, 2.75) is 12.5 Å². The minimum atomic E-state index is -3.01. The molecule has 2 rings (SSSR count). The van der Waals surface area contributed by atoms with Gasteiger partial charge in [-0.15, -0.1) is 0 Å². The van der Waals surface area contributed by atoms with Crippen molar-refractivity contribution in [2.75, 3.05) is 18.6 Å². The fourth-order valence-corrected chi connectivity index (χ4v) is 3.93. The van der Waals surface area contributed by atoms with Gasteiger partial charge < -0.3 is 4.90 Å². The summed E-state index contributed by atoms with van der Waals surface area (Å²) in [6, 6.07) is 1.26. The molecule has 0 saturated carbocycles. The van der Waals surface area contributed by atoms with Crippen molar-refractivity contribution in [1.29, 1.82) is 0 Å². The van der Waals surface area contributed by atoms with Gasteiger partial charge >= 0.3 is 0 Å². The average Bonchev–Trinajstić information content (AvgIpc) is 2.68. The number of pyridine rings is 1. The molecular weight excluding hydrogens is 276 g/mol. The summed E-state index contributed by atoms with van der Waals surface area (Å²) in [5, 5.41) is 0.322. The van der Waals surface area contributed by atoms with Crippen molar-refractivity contribution in [3.05, 3.63) is 29.0 Å². The topological polar surface area (TPSA) is 67.3 Å². The van der Waals surface area contributed by atoms with Crippen LogP contribution in [0.2, 0.25) is 5.02 Å². The first-order valence-electron chi connectivity index (χ1n) is 5.48. The van der Waals surface area contributed by atoms with Crippen LogP contribution in [0.4, 0.5) is 0 Å². The largest absolute Gasteiger partial charge is 0.338 e. The number of aromatic nitrogens is 1. The summed E-state index contributed by atoms with van der Waals surface area (Å²) in [4.78, 5) is 17.5. The molecule has 98 valence electrons. The molecule has 1 aromatic heterocycles. The van der Waals surface area contributed by atoms with Crippen LogP contribution in [0.3, 0.4) is 0 Å². The number of halogens is 1. The van der Waals surface area contributed by atoms with Crippen LogP contribution in [-0.2, 0) is 9.84 Å². The van der Waals surface area contributed by atoms with Gasteiger partial charge in [0.1, 0.15) is 0 Å². The Morgan fingerprint density at radius 3 is 2.83 bits per heavy atom. The van der Waals surface area contributed by atoms with Gasteiger partial charge in [0.15, 0.2) is 9.84 Å². The van der Waals surface area contributed by atoms with E-state index in [1.165, 1.54) is 23.4 Å². The van der Waals surface area contributed by atoms with Crippen LogP contribution in [0.1, 0.15) is 16.8 Å². The van der Waals surface area contributed by atoms with Crippen molar-refractivity contribution < 1.29 is 13.2 Å². The molecule has 0 radical (unpaired) electrons. The molecule has 1 fully saturated rings. The molecule has 0 aromatic carbocycles. The first-order valence-corrected chi connectivity index (χ1v) is 7.68. The number of nitrogens with zero attached hydrogens (tertiary/aromatic N) is 2. The van der Waals surface area contributed by atoms with Crippen LogP contribution in [0.15, 0.2) is 18.5 Å². The SMILES string of the molecule is CN(C(=O)c1cnccc1Cl)C1CCS(=O)(=O)C1. The highest BCUT2D eigenvalue weighted by Crippen LogP contribution is 2.21. The zero-order valence-electron chi connectivity index (χ0n) is 9.84. The van der Waals surface area contributed by atoms with Gasteiger partial charge in [0.2, 0.25) is 0 Å². The predicted molar refractivity (Wildman–Crippen MR) is 68.4 cm³/mol. The van der Waals surface area contributed by atoms with E-state index in [2.05, 4.69) is 4.98 Å². The zero-order chi connectivity index (χ0) is 13.3. The zero-order valence-corrected chi connectivity index (χ0v) is 11.4. The predicted octanol–water partition coefficient (Wildman–Crippen LogP) is 0.994. The Balaban J connectivity index is 2.18. The maximum absolute atomic E-state index is 12.2. The molecule has 2 heterocycles. The van der Waals surface area contributed by atoms with E-state index >= 15 is 0 Å². The van der Waals surface area contributed by atoms with Crippen molar-refractivity contribution in [3.63, 3.8) is 0 Å². The molecule has 1 amide bonds. The number of hydrogen-bond donors (Lipinski definition) is 0. The van der Waals surface area contributed by atoms with Crippen LogP contribution in [0.25, 0.3) is 0 Å². The number of carbonyl (C=O) groups excluding carboxylic acids is 1. The lowest BCUT2D eigenvalue weighted by Crippen LogP contribution is -2.38. The Morgan fingerprint density at radius 1 is 1.56 bits per heavy atom. The van der Waals surface area contributed by atoms with Crippen LogP contribution < -0.4 is 0 Å². The van der Waals surface area contributed by atoms with Crippen molar-refractivity contribution in [1.82, 2.24) is 9.88 Å². The van der Waals surface area contributed by atoms with Gasteiger partial charge in [-0.25, -0.2) is 8.42 Å². The number of rotatable bonds is 2. The van der Waals surface area contributed by atoms with E-state index in [0.717, 1.165) is 0 Å². The maximum Gasteiger partial charge on any atom is 0.256 e. The van der Waals surface area contributed by atoms with E-state index in [9.17, 15) is 13.2 Å². The van der Waals surface area contributed by atoms with Crippen LogP contribution >= 0.6 is 11.6 Å². The lowest BCUT2D eigenvalue weighted by atomic mass is 10.2. The molecule has 7 heteroatoms. The summed E-state index contributed by atoms with van der Waals surface area (Å²) >= 11 is 5.92. The number of sulfone groups is 1. The summed E-state index contributed by atoms with van der Waals surface area (Å²) in [6.45, 7) is 0. The fourth-order valence-electron chi connectivity index (χ4n) is 1.97. The van der Waals surface area contributed by atoms with E-state index in [1.807, 2.05) is 0 Å². The van der Waals surface area contributed by atoms with Crippen LogP contribution in [-0.4, -0.2) is 48.8 Å². The average molecular weight is 289 g/mol.